The molecule has 0 aliphatic rings. The second kappa shape index (κ2) is 18.8. The maximum absolute atomic E-state index is 5.57. The lowest BCUT2D eigenvalue weighted by molar-refractivity contribution is 0.272. The molecular weight excluding hydrogens is 410 g/mol. The molecule has 0 spiro atoms. The molecule has 7 heteroatoms. The Hall–Kier alpha value is -1.58. The second-order valence-corrected chi connectivity index (χ2v) is 8.54. The van der Waals surface area contributed by atoms with Crippen molar-refractivity contribution in [3.8, 4) is 0 Å². The van der Waals surface area contributed by atoms with Crippen molar-refractivity contribution in [3.05, 3.63) is 48.0 Å². The van der Waals surface area contributed by atoms with Crippen molar-refractivity contribution in [3.63, 3.8) is 0 Å². The molecule has 0 aromatic heterocycles. The maximum atomic E-state index is 5.57. The molecule has 0 bridgehead atoms. The third kappa shape index (κ3) is 12.5. The molecule has 0 atom stereocenters. The van der Waals surface area contributed by atoms with Crippen LogP contribution in [0.25, 0.3) is 10.8 Å². The first-order valence-electron chi connectivity index (χ1n) is 12.8. The lowest BCUT2D eigenvalue weighted by atomic mass is 10.0. The Balaban J connectivity index is 1.55. The summed E-state index contributed by atoms with van der Waals surface area (Å²) >= 11 is 0. The highest BCUT2D eigenvalue weighted by Crippen LogP contribution is 2.18. The van der Waals surface area contributed by atoms with Gasteiger partial charge in [0.2, 0.25) is 0 Å². The summed E-state index contributed by atoms with van der Waals surface area (Å²) in [5, 5.41) is 16.8. The van der Waals surface area contributed by atoms with Gasteiger partial charge >= 0.3 is 0 Å². The average Bonchev–Trinajstić information content (AvgIpc) is 2.85. The third-order valence-electron chi connectivity index (χ3n) is 5.83. The highest BCUT2D eigenvalue weighted by molar-refractivity contribution is 5.85. The van der Waals surface area contributed by atoms with E-state index >= 15 is 0 Å². The average molecular weight is 458 g/mol. The molecular formula is C26H47N7. The van der Waals surface area contributed by atoms with E-state index in [1.54, 1.807) is 0 Å². The highest BCUT2D eigenvalue weighted by atomic mass is 15.2. The Bertz CT molecular complexity index is 705. The van der Waals surface area contributed by atoms with Gasteiger partial charge in [-0.1, -0.05) is 42.5 Å². The summed E-state index contributed by atoms with van der Waals surface area (Å²) in [5.41, 5.74) is 12.5. The van der Waals surface area contributed by atoms with Crippen LogP contribution in [0.3, 0.4) is 0 Å². The van der Waals surface area contributed by atoms with Crippen LogP contribution in [0.15, 0.2) is 42.5 Å². The van der Waals surface area contributed by atoms with E-state index in [1.807, 2.05) is 0 Å². The van der Waals surface area contributed by atoms with Crippen molar-refractivity contribution in [1.82, 2.24) is 26.2 Å². The van der Waals surface area contributed by atoms with Crippen molar-refractivity contribution < 1.29 is 0 Å². The first kappa shape index (κ1) is 27.7. The molecule has 0 heterocycles. The fraction of sp³-hybridized carbons (Fsp3) is 0.615. The van der Waals surface area contributed by atoms with E-state index in [9.17, 15) is 0 Å². The van der Waals surface area contributed by atoms with Crippen molar-refractivity contribution >= 4 is 10.8 Å². The fourth-order valence-electron chi connectivity index (χ4n) is 3.88. The maximum Gasteiger partial charge on any atom is 0.0211 e. The minimum atomic E-state index is 0.752. The molecule has 0 amide bonds. The van der Waals surface area contributed by atoms with Gasteiger partial charge in [0.25, 0.3) is 0 Å². The van der Waals surface area contributed by atoms with Gasteiger partial charge in [0.1, 0.15) is 0 Å². The number of hydrogen-bond acceptors (Lipinski definition) is 7. The van der Waals surface area contributed by atoms with Crippen molar-refractivity contribution in [2.45, 2.75) is 25.8 Å². The Morgan fingerprint density at radius 3 is 1.76 bits per heavy atom. The Labute approximate surface area is 201 Å². The Morgan fingerprint density at radius 2 is 1.12 bits per heavy atom. The van der Waals surface area contributed by atoms with E-state index in [1.165, 1.54) is 16.3 Å². The van der Waals surface area contributed by atoms with Gasteiger partial charge < -0.3 is 32.7 Å². The molecule has 0 radical (unpaired) electrons. The SMILES string of the molecule is NCCCNCCN(CCNCCCN)CCNCCCNCc1cccc2ccccc12. The van der Waals surface area contributed by atoms with Crippen LogP contribution in [-0.2, 0) is 6.54 Å². The molecule has 0 aliphatic carbocycles. The summed E-state index contributed by atoms with van der Waals surface area (Å²) in [6, 6.07) is 15.2. The molecule has 0 fully saturated rings. The number of nitrogens with zero attached hydrogens (tertiary/aromatic N) is 1. The molecule has 7 nitrogen and oxygen atoms in total. The van der Waals surface area contributed by atoms with Crippen LogP contribution in [0.2, 0.25) is 0 Å². The van der Waals surface area contributed by atoms with E-state index < -0.39 is 0 Å². The molecule has 186 valence electrons. The normalized spacial score (nSPS) is 11.6. The number of rotatable bonds is 21. The zero-order valence-corrected chi connectivity index (χ0v) is 20.5. The minimum Gasteiger partial charge on any atom is -0.330 e. The van der Waals surface area contributed by atoms with Gasteiger partial charge in [-0.15, -0.1) is 0 Å². The lowest BCUT2D eigenvalue weighted by Gasteiger charge is -2.23. The van der Waals surface area contributed by atoms with Gasteiger partial charge in [0.15, 0.2) is 0 Å². The van der Waals surface area contributed by atoms with E-state index in [4.69, 9.17) is 11.5 Å². The molecule has 2 aromatic rings. The smallest absolute Gasteiger partial charge is 0.0211 e. The Morgan fingerprint density at radius 1 is 0.576 bits per heavy atom. The number of hydrogen-bond donors (Lipinski definition) is 6. The van der Waals surface area contributed by atoms with Crippen LogP contribution in [0, 0.1) is 0 Å². The van der Waals surface area contributed by atoms with Gasteiger partial charge in [-0.2, -0.15) is 0 Å². The summed E-state index contributed by atoms with van der Waals surface area (Å²) in [5.74, 6) is 0. The van der Waals surface area contributed by atoms with E-state index in [-0.39, 0.29) is 0 Å². The summed E-state index contributed by atoms with van der Waals surface area (Å²) < 4.78 is 0. The molecule has 8 N–H and O–H groups in total. The van der Waals surface area contributed by atoms with Crippen LogP contribution < -0.4 is 32.7 Å². The van der Waals surface area contributed by atoms with E-state index in [0.717, 1.165) is 104 Å². The zero-order valence-electron chi connectivity index (χ0n) is 20.5. The first-order valence-corrected chi connectivity index (χ1v) is 12.8. The lowest BCUT2D eigenvalue weighted by Crippen LogP contribution is -2.41. The quantitative estimate of drug-likeness (QED) is 0.156. The first-order chi connectivity index (χ1) is 16.3. The topological polar surface area (TPSA) is 103 Å². The molecule has 33 heavy (non-hydrogen) atoms. The number of benzene rings is 2. The van der Waals surface area contributed by atoms with Crippen LogP contribution in [-0.4, -0.2) is 83.4 Å². The summed E-state index contributed by atoms with van der Waals surface area (Å²) in [7, 11) is 0. The zero-order chi connectivity index (χ0) is 23.4. The van der Waals surface area contributed by atoms with Crippen LogP contribution in [0.1, 0.15) is 24.8 Å². The predicted molar refractivity (Wildman–Crippen MR) is 143 cm³/mol. The van der Waals surface area contributed by atoms with Gasteiger partial charge in [-0.05, 0) is 74.9 Å². The molecule has 0 saturated heterocycles. The molecule has 2 aromatic carbocycles. The summed E-state index contributed by atoms with van der Waals surface area (Å²) in [4.78, 5) is 2.52. The van der Waals surface area contributed by atoms with Crippen molar-refractivity contribution in [1.29, 1.82) is 0 Å². The number of nitrogens with two attached hydrogens (primary N) is 2. The van der Waals surface area contributed by atoms with E-state index in [2.05, 4.69) is 68.6 Å². The monoisotopic (exact) mass is 457 g/mol. The molecule has 2 rings (SSSR count). The van der Waals surface area contributed by atoms with Gasteiger partial charge in [-0.25, -0.2) is 0 Å². The van der Waals surface area contributed by atoms with Gasteiger partial charge in [-0.3, -0.25) is 4.90 Å². The highest BCUT2D eigenvalue weighted by Gasteiger charge is 2.04. The summed E-state index contributed by atoms with van der Waals surface area (Å²) in [6.45, 7) is 12.8. The van der Waals surface area contributed by atoms with Crippen LogP contribution in [0.5, 0.6) is 0 Å². The van der Waals surface area contributed by atoms with Crippen molar-refractivity contribution in [2.24, 2.45) is 11.5 Å². The predicted octanol–water partition coefficient (Wildman–Crippen LogP) is 1.09. The molecule has 0 saturated carbocycles. The second-order valence-electron chi connectivity index (χ2n) is 8.54. The summed E-state index contributed by atoms with van der Waals surface area (Å²) in [6.07, 6.45) is 3.21. The van der Waals surface area contributed by atoms with E-state index in [0.29, 0.717) is 0 Å². The van der Waals surface area contributed by atoms with Crippen LogP contribution >= 0.6 is 0 Å². The fourth-order valence-corrected chi connectivity index (χ4v) is 3.88. The number of nitrogens with one attached hydrogen (secondary N) is 4. The minimum absolute atomic E-state index is 0.752. The molecule has 0 aliphatic heterocycles. The Kier molecular flexibility index (Phi) is 15.8. The van der Waals surface area contributed by atoms with Crippen LogP contribution in [0.4, 0.5) is 0 Å². The van der Waals surface area contributed by atoms with Gasteiger partial charge in [0.05, 0.1) is 0 Å². The standard InChI is InChI=1S/C26H47N7/c27-11-4-13-29-17-20-33(21-18-30-14-5-12-28)22-19-31-15-6-16-32-23-25-9-3-8-24-7-1-2-10-26(24)25/h1-3,7-10,29-32H,4-6,11-23,27-28H2. The number of fused-ring (bicyclic) bond motifs is 1. The van der Waals surface area contributed by atoms with Gasteiger partial charge in [0, 0.05) is 45.8 Å². The third-order valence-corrected chi connectivity index (χ3v) is 5.83. The largest absolute Gasteiger partial charge is 0.330 e. The van der Waals surface area contributed by atoms with Crippen molar-refractivity contribution in [2.75, 3.05) is 78.5 Å². The molecule has 0 unspecified atom stereocenters.